The molecule has 3 aromatic rings. The zero-order chi connectivity index (χ0) is 19.1. The van der Waals surface area contributed by atoms with E-state index < -0.39 is 17.6 Å². The first kappa shape index (κ1) is 18.1. The van der Waals surface area contributed by atoms with Crippen LogP contribution in [0.2, 0.25) is 0 Å². The van der Waals surface area contributed by atoms with Gasteiger partial charge in [0.25, 0.3) is 5.91 Å². The van der Waals surface area contributed by atoms with E-state index in [1.54, 1.807) is 42.5 Å². The summed E-state index contributed by atoms with van der Waals surface area (Å²) in [5.74, 6) is -0.651. The molecular weight excluding hydrogens is 347 g/mol. The summed E-state index contributed by atoms with van der Waals surface area (Å²) in [5, 5.41) is 5.08. The molecule has 0 atom stereocenters. The van der Waals surface area contributed by atoms with Gasteiger partial charge in [-0.15, -0.1) is 0 Å². The maximum absolute atomic E-state index is 13.6. The normalized spacial score (nSPS) is 10.1. The van der Waals surface area contributed by atoms with Crippen LogP contribution in [0.4, 0.5) is 10.1 Å². The lowest BCUT2D eigenvalue weighted by Gasteiger charge is -2.12. The molecule has 27 heavy (non-hydrogen) atoms. The van der Waals surface area contributed by atoms with Crippen molar-refractivity contribution in [1.29, 1.82) is 0 Å². The van der Waals surface area contributed by atoms with Gasteiger partial charge in [0, 0.05) is 0 Å². The van der Waals surface area contributed by atoms with Crippen molar-refractivity contribution in [1.82, 2.24) is 5.32 Å². The molecule has 0 bridgehead atoms. The van der Waals surface area contributed by atoms with Crippen molar-refractivity contribution < 1.29 is 18.7 Å². The Hall–Kier alpha value is -3.67. The third kappa shape index (κ3) is 4.92. The molecule has 6 heteroatoms. The minimum Gasteiger partial charge on any atom is -0.455 e. The Bertz CT molecular complexity index is 945. The molecule has 0 aliphatic carbocycles. The van der Waals surface area contributed by atoms with Crippen LogP contribution < -0.4 is 15.4 Å². The van der Waals surface area contributed by atoms with E-state index >= 15 is 0 Å². The monoisotopic (exact) mass is 364 g/mol. The molecule has 0 radical (unpaired) electrons. The van der Waals surface area contributed by atoms with Gasteiger partial charge in [-0.3, -0.25) is 9.59 Å². The van der Waals surface area contributed by atoms with Crippen molar-refractivity contribution in [3.8, 4) is 11.5 Å². The lowest BCUT2D eigenvalue weighted by Crippen LogP contribution is -2.33. The van der Waals surface area contributed by atoms with Gasteiger partial charge in [-0.1, -0.05) is 42.5 Å². The summed E-state index contributed by atoms with van der Waals surface area (Å²) in [5.41, 5.74) is 0.351. The topological polar surface area (TPSA) is 67.4 Å². The van der Waals surface area contributed by atoms with E-state index in [0.717, 1.165) is 0 Å². The predicted octanol–water partition coefficient (Wildman–Crippen LogP) is 3.99. The zero-order valence-electron chi connectivity index (χ0n) is 14.3. The summed E-state index contributed by atoms with van der Waals surface area (Å²) >= 11 is 0. The quantitative estimate of drug-likeness (QED) is 0.695. The van der Waals surface area contributed by atoms with Gasteiger partial charge in [0.15, 0.2) is 5.75 Å². The fourth-order valence-electron chi connectivity index (χ4n) is 2.37. The molecule has 3 rings (SSSR count). The lowest BCUT2D eigenvalue weighted by molar-refractivity contribution is -0.115. The van der Waals surface area contributed by atoms with Gasteiger partial charge >= 0.3 is 0 Å². The largest absolute Gasteiger partial charge is 0.455 e. The number of hydrogen-bond donors (Lipinski definition) is 2. The highest BCUT2D eigenvalue weighted by atomic mass is 19.1. The van der Waals surface area contributed by atoms with E-state index in [0.29, 0.717) is 17.2 Å². The lowest BCUT2D eigenvalue weighted by atomic mass is 10.2. The number of benzene rings is 3. The van der Waals surface area contributed by atoms with Gasteiger partial charge < -0.3 is 15.4 Å². The average Bonchev–Trinajstić information content (AvgIpc) is 2.69. The first-order chi connectivity index (χ1) is 13.1. The fourth-order valence-corrected chi connectivity index (χ4v) is 2.37. The van der Waals surface area contributed by atoms with Gasteiger partial charge in [-0.25, -0.2) is 4.39 Å². The second kappa shape index (κ2) is 8.62. The Balaban J connectivity index is 1.61. The van der Waals surface area contributed by atoms with Gasteiger partial charge in [0.05, 0.1) is 17.8 Å². The summed E-state index contributed by atoms with van der Waals surface area (Å²) in [6, 6.07) is 21.7. The molecular formula is C21H17FN2O3. The summed E-state index contributed by atoms with van der Waals surface area (Å²) in [4.78, 5) is 24.1. The minimum absolute atomic E-state index is 0.113. The number of halogens is 1. The second-order valence-electron chi connectivity index (χ2n) is 5.62. The Kier molecular flexibility index (Phi) is 5.79. The molecule has 0 spiro atoms. The number of nitrogens with one attached hydrogen (secondary N) is 2. The number of amides is 2. The van der Waals surface area contributed by atoms with Crippen LogP contribution in [0.5, 0.6) is 11.5 Å². The van der Waals surface area contributed by atoms with Crippen molar-refractivity contribution in [2.45, 2.75) is 0 Å². The SMILES string of the molecule is O=C(CNC(=O)c1ccccc1F)Nc1ccccc1Oc1ccccc1. The third-order valence-electron chi connectivity index (χ3n) is 3.66. The number of hydrogen-bond acceptors (Lipinski definition) is 3. The standard InChI is InChI=1S/C21H17FN2O3/c22-17-11-5-4-10-16(17)21(26)23-14-20(25)24-18-12-6-7-13-19(18)27-15-8-2-1-3-9-15/h1-13H,14H2,(H,23,26)(H,24,25). The fraction of sp³-hybridized carbons (Fsp3) is 0.0476. The molecule has 136 valence electrons. The molecule has 0 saturated heterocycles. The molecule has 0 heterocycles. The molecule has 0 unspecified atom stereocenters. The molecule has 2 N–H and O–H groups in total. The summed E-state index contributed by atoms with van der Waals surface area (Å²) < 4.78 is 19.4. The molecule has 3 aromatic carbocycles. The highest BCUT2D eigenvalue weighted by Crippen LogP contribution is 2.28. The van der Waals surface area contributed by atoms with Crippen molar-refractivity contribution in [3.05, 3.63) is 90.2 Å². The molecule has 0 fully saturated rings. The van der Waals surface area contributed by atoms with Crippen LogP contribution in [0.3, 0.4) is 0 Å². The molecule has 5 nitrogen and oxygen atoms in total. The van der Waals surface area contributed by atoms with E-state index in [9.17, 15) is 14.0 Å². The van der Waals surface area contributed by atoms with Gasteiger partial charge in [0.2, 0.25) is 5.91 Å². The molecule has 0 aliphatic heterocycles. The van der Waals surface area contributed by atoms with Crippen LogP contribution in [-0.4, -0.2) is 18.4 Å². The third-order valence-corrected chi connectivity index (χ3v) is 3.66. The summed E-state index contributed by atoms with van der Waals surface area (Å²) in [6.45, 7) is -0.299. The highest BCUT2D eigenvalue weighted by Gasteiger charge is 2.13. The van der Waals surface area contributed by atoms with Crippen molar-refractivity contribution in [2.24, 2.45) is 0 Å². The Morgan fingerprint density at radius 1 is 0.852 bits per heavy atom. The number of para-hydroxylation sites is 3. The Labute approximate surface area is 155 Å². The first-order valence-electron chi connectivity index (χ1n) is 8.28. The number of ether oxygens (including phenoxy) is 1. The highest BCUT2D eigenvalue weighted by molar-refractivity contribution is 5.99. The van der Waals surface area contributed by atoms with E-state index in [-0.39, 0.29) is 12.1 Å². The number of anilines is 1. The molecule has 2 amide bonds. The summed E-state index contributed by atoms with van der Waals surface area (Å²) in [7, 11) is 0. The first-order valence-corrected chi connectivity index (χ1v) is 8.28. The molecule has 0 aliphatic rings. The van der Waals surface area contributed by atoms with Gasteiger partial charge in [-0.2, -0.15) is 0 Å². The van der Waals surface area contributed by atoms with Crippen LogP contribution in [0.25, 0.3) is 0 Å². The molecule has 0 saturated carbocycles. The zero-order valence-corrected chi connectivity index (χ0v) is 14.3. The van der Waals surface area contributed by atoms with Crippen LogP contribution in [0.1, 0.15) is 10.4 Å². The van der Waals surface area contributed by atoms with Crippen LogP contribution in [-0.2, 0) is 4.79 Å². The molecule has 0 aromatic heterocycles. The van der Waals surface area contributed by atoms with E-state index in [1.165, 1.54) is 18.2 Å². The van der Waals surface area contributed by atoms with Crippen molar-refractivity contribution in [3.63, 3.8) is 0 Å². The van der Waals surface area contributed by atoms with Gasteiger partial charge in [-0.05, 0) is 36.4 Å². The Morgan fingerprint density at radius 2 is 1.52 bits per heavy atom. The van der Waals surface area contributed by atoms with Crippen molar-refractivity contribution >= 4 is 17.5 Å². The number of carbonyl (C=O) groups is 2. The van der Waals surface area contributed by atoms with E-state index in [2.05, 4.69) is 10.6 Å². The van der Waals surface area contributed by atoms with E-state index in [1.807, 2.05) is 18.2 Å². The minimum atomic E-state index is -0.655. The maximum atomic E-state index is 13.6. The van der Waals surface area contributed by atoms with Gasteiger partial charge in [0.1, 0.15) is 11.6 Å². The maximum Gasteiger partial charge on any atom is 0.254 e. The van der Waals surface area contributed by atoms with Crippen LogP contribution in [0.15, 0.2) is 78.9 Å². The number of rotatable bonds is 6. The van der Waals surface area contributed by atoms with Crippen LogP contribution in [0, 0.1) is 5.82 Å². The predicted molar refractivity (Wildman–Crippen MR) is 100 cm³/mol. The second-order valence-corrected chi connectivity index (χ2v) is 5.62. The van der Waals surface area contributed by atoms with Crippen molar-refractivity contribution in [2.75, 3.05) is 11.9 Å². The van der Waals surface area contributed by atoms with E-state index in [4.69, 9.17) is 4.74 Å². The summed E-state index contributed by atoms with van der Waals surface area (Å²) in [6.07, 6.45) is 0. The number of carbonyl (C=O) groups excluding carboxylic acids is 2. The van der Waals surface area contributed by atoms with Crippen LogP contribution >= 0.6 is 0 Å². The Morgan fingerprint density at radius 3 is 2.30 bits per heavy atom. The average molecular weight is 364 g/mol. The smallest absolute Gasteiger partial charge is 0.254 e.